The van der Waals surface area contributed by atoms with E-state index in [0.29, 0.717) is 37.9 Å². The second kappa shape index (κ2) is 9.69. The van der Waals surface area contributed by atoms with E-state index in [1.807, 2.05) is 20.8 Å². The van der Waals surface area contributed by atoms with Gasteiger partial charge in [0.1, 0.15) is 11.4 Å². The molecular weight excluding hydrogens is 416 g/mol. The molecule has 1 saturated carbocycles. The van der Waals surface area contributed by atoms with Gasteiger partial charge in [-0.3, -0.25) is 9.59 Å². The van der Waals surface area contributed by atoms with Crippen LogP contribution in [0.2, 0.25) is 0 Å². The van der Waals surface area contributed by atoms with E-state index in [1.165, 1.54) is 16.2 Å². The van der Waals surface area contributed by atoms with Gasteiger partial charge >= 0.3 is 5.97 Å². The van der Waals surface area contributed by atoms with Crippen molar-refractivity contribution >= 4 is 34.8 Å². The number of thiophene rings is 1. The van der Waals surface area contributed by atoms with Gasteiger partial charge in [-0.25, -0.2) is 4.79 Å². The highest BCUT2D eigenvalue weighted by Crippen LogP contribution is 2.39. The van der Waals surface area contributed by atoms with Gasteiger partial charge in [-0.15, -0.1) is 11.3 Å². The van der Waals surface area contributed by atoms with E-state index in [9.17, 15) is 19.5 Å². The quantitative estimate of drug-likeness (QED) is 0.738. The Morgan fingerprint density at radius 2 is 1.77 bits per heavy atom. The Labute approximate surface area is 188 Å². The molecule has 31 heavy (non-hydrogen) atoms. The summed E-state index contributed by atoms with van der Waals surface area (Å²) in [5.74, 6) is -0.941. The second-order valence-electron chi connectivity index (χ2n) is 9.75. The van der Waals surface area contributed by atoms with Gasteiger partial charge in [0.15, 0.2) is 0 Å². The van der Waals surface area contributed by atoms with Crippen LogP contribution in [0.4, 0.5) is 5.69 Å². The summed E-state index contributed by atoms with van der Waals surface area (Å²) in [6, 6.07) is 1.80. The van der Waals surface area contributed by atoms with Crippen molar-refractivity contribution in [3.8, 4) is 0 Å². The van der Waals surface area contributed by atoms with Crippen molar-refractivity contribution < 1.29 is 24.2 Å². The van der Waals surface area contributed by atoms with Gasteiger partial charge in [-0.2, -0.15) is 0 Å². The molecule has 0 atom stereocenters. The Hall–Kier alpha value is -1.93. The van der Waals surface area contributed by atoms with Crippen LogP contribution >= 0.6 is 11.3 Å². The van der Waals surface area contributed by atoms with Crippen LogP contribution in [0.5, 0.6) is 0 Å². The first kappa shape index (κ1) is 23.7. The minimum Gasteiger partial charge on any atom is -0.477 e. The molecule has 1 aromatic heterocycles. The minimum atomic E-state index is -1.07. The van der Waals surface area contributed by atoms with Crippen molar-refractivity contribution in [2.75, 3.05) is 37.7 Å². The summed E-state index contributed by atoms with van der Waals surface area (Å²) in [4.78, 5) is 42.9. The van der Waals surface area contributed by atoms with Gasteiger partial charge in [-0.1, -0.05) is 27.7 Å². The average molecular weight is 451 g/mol. The van der Waals surface area contributed by atoms with E-state index in [2.05, 4.69) is 6.92 Å². The van der Waals surface area contributed by atoms with Crippen molar-refractivity contribution in [1.29, 1.82) is 0 Å². The third-order valence-corrected chi connectivity index (χ3v) is 7.76. The number of carboxylic acid groups (broad SMARTS) is 1. The number of amides is 2. The maximum atomic E-state index is 13.6. The summed E-state index contributed by atoms with van der Waals surface area (Å²) in [7, 11) is 0. The highest BCUT2D eigenvalue weighted by Gasteiger charge is 2.35. The number of morpholine rings is 1. The Morgan fingerprint density at radius 3 is 2.32 bits per heavy atom. The third kappa shape index (κ3) is 5.66. The first-order chi connectivity index (χ1) is 14.6. The molecule has 2 fully saturated rings. The molecule has 0 aromatic carbocycles. The summed E-state index contributed by atoms with van der Waals surface area (Å²) in [5.41, 5.74) is 0.101. The minimum absolute atomic E-state index is 0.122. The van der Waals surface area contributed by atoms with Crippen LogP contribution in [-0.2, 0) is 19.7 Å². The Bertz CT molecular complexity index is 814. The molecule has 1 aliphatic carbocycles. The van der Waals surface area contributed by atoms with E-state index in [-0.39, 0.29) is 34.6 Å². The van der Waals surface area contributed by atoms with E-state index in [1.54, 1.807) is 11.0 Å². The van der Waals surface area contributed by atoms with Gasteiger partial charge in [0.2, 0.25) is 11.8 Å². The van der Waals surface area contributed by atoms with Crippen LogP contribution < -0.4 is 4.90 Å². The molecule has 2 amide bonds. The number of ether oxygens (including phenoxy) is 1. The summed E-state index contributed by atoms with van der Waals surface area (Å²) in [6.45, 7) is 10.0. The number of aromatic carboxylic acids is 1. The molecule has 2 aliphatic rings. The van der Waals surface area contributed by atoms with Gasteiger partial charge < -0.3 is 19.6 Å². The summed E-state index contributed by atoms with van der Waals surface area (Å²) in [5, 5.41) is 9.86. The lowest BCUT2D eigenvalue weighted by atomic mass is 9.82. The molecule has 0 radical (unpaired) electrons. The van der Waals surface area contributed by atoms with Gasteiger partial charge in [0.05, 0.1) is 18.9 Å². The average Bonchev–Trinajstić information content (AvgIpc) is 3.18. The van der Waals surface area contributed by atoms with E-state index >= 15 is 0 Å². The highest BCUT2D eigenvalue weighted by molar-refractivity contribution is 7.14. The Kier molecular flexibility index (Phi) is 7.42. The van der Waals surface area contributed by atoms with Crippen LogP contribution in [0.15, 0.2) is 6.07 Å². The topological polar surface area (TPSA) is 87.2 Å². The zero-order valence-electron chi connectivity index (χ0n) is 19.0. The molecule has 0 spiro atoms. The first-order valence-electron chi connectivity index (χ1n) is 11.1. The molecule has 2 heterocycles. The number of hydrogen-bond donors (Lipinski definition) is 1. The number of hydrogen-bond acceptors (Lipinski definition) is 5. The molecule has 0 bridgehead atoms. The molecule has 3 rings (SSSR count). The number of nitrogens with zero attached hydrogens (tertiary/aromatic N) is 2. The number of carbonyl (C=O) groups is 3. The summed E-state index contributed by atoms with van der Waals surface area (Å²) in [6.07, 6.45) is 3.51. The monoisotopic (exact) mass is 450 g/mol. The van der Waals surface area contributed by atoms with Gasteiger partial charge in [0, 0.05) is 23.9 Å². The van der Waals surface area contributed by atoms with Crippen LogP contribution in [0.1, 0.15) is 67.9 Å². The van der Waals surface area contributed by atoms with Crippen LogP contribution in [0, 0.1) is 11.8 Å². The van der Waals surface area contributed by atoms with Crippen LogP contribution in [-0.4, -0.2) is 60.6 Å². The van der Waals surface area contributed by atoms with E-state index < -0.39 is 5.97 Å². The number of rotatable bonds is 5. The molecule has 1 N–H and O–H groups in total. The fourth-order valence-corrected chi connectivity index (χ4v) is 5.22. The molecule has 1 saturated heterocycles. The third-order valence-electron chi connectivity index (χ3n) is 6.22. The predicted molar refractivity (Wildman–Crippen MR) is 121 cm³/mol. The first-order valence-corrected chi connectivity index (χ1v) is 11.9. The van der Waals surface area contributed by atoms with Crippen molar-refractivity contribution in [3.05, 3.63) is 15.8 Å². The Balaban J connectivity index is 1.95. The standard InChI is InChI=1S/C23H34N2O5S/c1-15-5-7-16(8-6-15)21(27)25(14-19(26)24-9-11-30-12-10-24)17-13-18(23(2,3)4)31-20(17)22(28)29/h13,15-16H,5-12,14H2,1-4H3,(H,28,29). The summed E-state index contributed by atoms with van der Waals surface area (Å²) < 4.78 is 5.33. The lowest BCUT2D eigenvalue weighted by Crippen LogP contribution is -2.49. The molecular formula is C23H34N2O5S. The number of carbonyl (C=O) groups excluding carboxylic acids is 2. The van der Waals surface area contributed by atoms with Crippen molar-refractivity contribution in [2.24, 2.45) is 11.8 Å². The zero-order valence-corrected chi connectivity index (χ0v) is 19.8. The second-order valence-corrected chi connectivity index (χ2v) is 10.8. The van der Waals surface area contributed by atoms with Crippen LogP contribution in [0.3, 0.4) is 0 Å². The maximum absolute atomic E-state index is 13.6. The lowest BCUT2D eigenvalue weighted by molar-refractivity contribution is -0.135. The van der Waals surface area contributed by atoms with Gasteiger partial charge in [0.25, 0.3) is 0 Å². The van der Waals surface area contributed by atoms with Crippen molar-refractivity contribution in [3.63, 3.8) is 0 Å². The van der Waals surface area contributed by atoms with E-state index in [4.69, 9.17) is 4.74 Å². The SMILES string of the molecule is CC1CCC(C(=O)N(CC(=O)N2CCOCC2)c2cc(C(C)(C)C)sc2C(=O)O)CC1. The number of anilines is 1. The molecule has 7 nitrogen and oxygen atoms in total. The molecule has 172 valence electrons. The lowest BCUT2D eigenvalue weighted by Gasteiger charge is -2.33. The predicted octanol–water partition coefficient (Wildman–Crippen LogP) is 3.76. The fourth-order valence-electron chi connectivity index (χ4n) is 4.16. The highest BCUT2D eigenvalue weighted by atomic mass is 32.1. The largest absolute Gasteiger partial charge is 0.477 e. The van der Waals surface area contributed by atoms with Gasteiger partial charge in [-0.05, 0) is 43.1 Å². The maximum Gasteiger partial charge on any atom is 0.348 e. The fraction of sp³-hybridized carbons (Fsp3) is 0.696. The van der Waals surface area contributed by atoms with Crippen molar-refractivity contribution in [2.45, 2.75) is 58.8 Å². The normalized spacial score (nSPS) is 22.3. The molecule has 1 aromatic rings. The zero-order chi connectivity index (χ0) is 22.8. The smallest absolute Gasteiger partial charge is 0.348 e. The van der Waals surface area contributed by atoms with E-state index in [0.717, 1.165) is 30.6 Å². The Morgan fingerprint density at radius 1 is 1.16 bits per heavy atom. The number of carboxylic acids is 1. The molecule has 1 aliphatic heterocycles. The van der Waals surface area contributed by atoms with Crippen molar-refractivity contribution in [1.82, 2.24) is 4.90 Å². The molecule has 0 unspecified atom stereocenters. The van der Waals surface area contributed by atoms with Crippen LogP contribution in [0.25, 0.3) is 0 Å². The summed E-state index contributed by atoms with van der Waals surface area (Å²) >= 11 is 1.19. The molecule has 8 heteroatoms.